The highest BCUT2D eigenvalue weighted by atomic mass is 32.2. The number of hydrogen-bond donors (Lipinski definition) is 1. The van der Waals surface area contributed by atoms with Gasteiger partial charge >= 0.3 is 0 Å². The van der Waals surface area contributed by atoms with Crippen molar-refractivity contribution in [3.05, 3.63) is 59.2 Å². The van der Waals surface area contributed by atoms with Crippen molar-refractivity contribution in [1.82, 2.24) is 4.31 Å². The summed E-state index contributed by atoms with van der Waals surface area (Å²) in [4.78, 5) is 12.5. The van der Waals surface area contributed by atoms with Gasteiger partial charge in [0.25, 0.3) is 5.91 Å². The van der Waals surface area contributed by atoms with Gasteiger partial charge in [0.1, 0.15) is 0 Å². The second kappa shape index (κ2) is 6.52. The van der Waals surface area contributed by atoms with Crippen LogP contribution in [-0.2, 0) is 10.0 Å². The summed E-state index contributed by atoms with van der Waals surface area (Å²) in [6.45, 7) is 3.82. The van der Waals surface area contributed by atoms with Crippen LogP contribution in [0.4, 0.5) is 5.69 Å². The van der Waals surface area contributed by atoms with Gasteiger partial charge in [-0.25, -0.2) is 12.7 Å². The largest absolute Gasteiger partial charge is 0.322 e. The minimum Gasteiger partial charge on any atom is -0.322 e. The maximum atomic E-state index is 12.4. The molecule has 0 unspecified atom stereocenters. The molecular weight excluding hydrogens is 312 g/mol. The maximum Gasteiger partial charge on any atom is 0.255 e. The van der Waals surface area contributed by atoms with Crippen LogP contribution in [0.3, 0.4) is 0 Å². The van der Waals surface area contributed by atoms with Crippen LogP contribution in [0.1, 0.15) is 21.5 Å². The molecule has 0 radical (unpaired) electrons. The maximum absolute atomic E-state index is 12.4. The van der Waals surface area contributed by atoms with Crippen molar-refractivity contribution in [3.63, 3.8) is 0 Å². The smallest absolute Gasteiger partial charge is 0.255 e. The van der Waals surface area contributed by atoms with E-state index in [9.17, 15) is 13.2 Å². The third-order valence-electron chi connectivity index (χ3n) is 3.59. The standard InChI is InChI=1S/C17H20N2O3S/c1-12-7-5-8-13(2)16(12)18-17(20)14-9-6-10-15(11-14)23(21,22)19(3)4/h5-11H,1-4H3,(H,18,20). The molecule has 0 aliphatic rings. The molecule has 23 heavy (non-hydrogen) atoms. The highest BCUT2D eigenvalue weighted by molar-refractivity contribution is 7.89. The summed E-state index contributed by atoms with van der Waals surface area (Å²) < 4.78 is 25.5. The molecule has 0 spiro atoms. The predicted molar refractivity (Wildman–Crippen MR) is 91.2 cm³/mol. The number of aryl methyl sites for hydroxylation is 2. The Morgan fingerprint density at radius 2 is 1.57 bits per heavy atom. The predicted octanol–water partition coefficient (Wildman–Crippen LogP) is 2.81. The fraction of sp³-hybridized carbons (Fsp3) is 0.235. The van der Waals surface area contributed by atoms with Gasteiger partial charge in [-0.15, -0.1) is 0 Å². The fourth-order valence-corrected chi connectivity index (χ4v) is 3.15. The first-order valence-electron chi connectivity index (χ1n) is 7.13. The van der Waals surface area contributed by atoms with E-state index in [-0.39, 0.29) is 10.8 Å². The molecule has 0 saturated heterocycles. The van der Waals surface area contributed by atoms with Crippen LogP contribution in [0, 0.1) is 13.8 Å². The average Bonchev–Trinajstić information content (AvgIpc) is 2.51. The number of nitrogens with one attached hydrogen (secondary N) is 1. The van der Waals surface area contributed by atoms with Gasteiger partial charge in [-0.1, -0.05) is 24.3 Å². The molecule has 2 aromatic rings. The molecule has 2 aromatic carbocycles. The molecule has 0 heterocycles. The van der Waals surface area contributed by atoms with Crippen LogP contribution in [0.15, 0.2) is 47.4 Å². The lowest BCUT2D eigenvalue weighted by molar-refractivity contribution is 0.102. The number of rotatable bonds is 4. The van der Waals surface area contributed by atoms with Crippen LogP contribution >= 0.6 is 0 Å². The molecule has 1 N–H and O–H groups in total. The van der Waals surface area contributed by atoms with Gasteiger partial charge in [0, 0.05) is 25.3 Å². The Hall–Kier alpha value is -2.18. The molecule has 1 amide bonds. The number of benzene rings is 2. The summed E-state index contributed by atoms with van der Waals surface area (Å²) in [6.07, 6.45) is 0. The molecule has 0 fully saturated rings. The summed E-state index contributed by atoms with van der Waals surface area (Å²) in [5.41, 5.74) is 2.96. The van der Waals surface area contributed by atoms with Crippen molar-refractivity contribution < 1.29 is 13.2 Å². The lowest BCUT2D eigenvalue weighted by Gasteiger charge is -2.14. The van der Waals surface area contributed by atoms with E-state index in [1.165, 1.54) is 26.2 Å². The summed E-state index contributed by atoms with van der Waals surface area (Å²) in [7, 11) is -0.655. The van der Waals surface area contributed by atoms with Crippen LogP contribution in [0.2, 0.25) is 0 Å². The van der Waals surface area contributed by atoms with Gasteiger partial charge in [-0.3, -0.25) is 4.79 Å². The Bertz CT molecular complexity index is 822. The Balaban J connectivity index is 2.35. The molecule has 5 nitrogen and oxygen atoms in total. The van der Waals surface area contributed by atoms with Gasteiger partial charge in [0.05, 0.1) is 4.90 Å². The molecule has 0 atom stereocenters. The molecule has 122 valence electrons. The number of hydrogen-bond acceptors (Lipinski definition) is 3. The second-order valence-corrected chi connectivity index (χ2v) is 7.69. The SMILES string of the molecule is Cc1cccc(C)c1NC(=O)c1cccc(S(=O)(=O)N(C)C)c1. The minimum atomic E-state index is -3.57. The number of carbonyl (C=O) groups excluding carboxylic acids is 1. The van der Waals surface area contributed by atoms with E-state index in [2.05, 4.69) is 5.32 Å². The molecule has 6 heteroatoms. The van der Waals surface area contributed by atoms with Gasteiger partial charge in [-0.05, 0) is 43.2 Å². The van der Waals surface area contributed by atoms with Crippen molar-refractivity contribution >= 4 is 21.6 Å². The Morgan fingerprint density at radius 3 is 2.13 bits per heavy atom. The molecule has 0 aromatic heterocycles. The van der Waals surface area contributed by atoms with Crippen LogP contribution in [0.25, 0.3) is 0 Å². The molecule has 0 aliphatic carbocycles. The number of sulfonamides is 1. The third-order valence-corrected chi connectivity index (χ3v) is 5.41. The van der Waals surface area contributed by atoms with Gasteiger partial charge in [0.2, 0.25) is 10.0 Å². The second-order valence-electron chi connectivity index (χ2n) is 5.54. The van der Waals surface area contributed by atoms with Gasteiger partial charge in [0.15, 0.2) is 0 Å². The zero-order valence-electron chi connectivity index (χ0n) is 13.6. The first-order chi connectivity index (χ1) is 10.7. The van der Waals surface area contributed by atoms with Crippen LogP contribution in [0.5, 0.6) is 0 Å². The van der Waals surface area contributed by atoms with E-state index in [4.69, 9.17) is 0 Å². The highest BCUT2D eigenvalue weighted by Crippen LogP contribution is 2.21. The number of carbonyl (C=O) groups is 1. The van der Waals surface area contributed by atoms with Crippen LogP contribution < -0.4 is 5.32 Å². The number of amides is 1. The third kappa shape index (κ3) is 3.60. The molecule has 0 saturated carbocycles. The van der Waals surface area contributed by atoms with Crippen molar-refractivity contribution in [1.29, 1.82) is 0 Å². The van der Waals surface area contributed by atoms with E-state index in [0.29, 0.717) is 5.56 Å². The zero-order chi connectivity index (χ0) is 17.2. The molecule has 0 bridgehead atoms. The van der Waals surface area contributed by atoms with E-state index in [1.807, 2.05) is 32.0 Å². The lowest BCUT2D eigenvalue weighted by Crippen LogP contribution is -2.23. The van der Waals surface area contributed by atoms with E-state index in [0.717, 1.165) is 21.1 Å². The normalized spacial score (nSPS) is 11.5. The van der Waals surface area contributed by atoms with Gasteiger partial charge in [-0.2, -0.15) is 0 Å². The first kappa shape index (κ1) is 17.2. The van der Waals surface area contributed by atoms with Crippen molar-refractivity contribution in [2.45, 2.75) is 18.7 Å². The average molecular weight is 332 g/mol. The molecule has 0 aliphatic heterocycles. The van der Waals surface area contributed by atoms with E-state index >= 15 is 0 Å². The lowest BCUT2D eigenvalue weighted by atomic mass is 10.1. The van der Waals surface area contributed by atoms with E-state index in [1.54, 1.807) is 12.1 Å². The number of anilines is 1. The Labute approximate surface area is 137 Å². The monoisotopic (exact) mass is 332 g/mol. The fourth-order valence-electron chi connectivity index (χ4n) is 2.21. The van der Waals surface area contributed by atoms with Crippen LogP contribution in [-0.4, -0.2) is 32.7 Å². The first-order valence-corrected chi connectivity index (χ1v) is 8.57. The molecule has 2 rings (SSSR count). The Kier molecular flexibility index (Phi) is 4.87. The summed E-state index contributed by atoms with van der Waals surface area (Å²) in [5, 5.41) is 2.86. The van der Waals surface area contributed by atoms with E-state index < -0.39 is 10.0 Å². The topological polar surface area (TPSA) is 66.5 Å². The van der Waals surface area contributed by atoms with Crippen molar-refractivity contribution in [3.8, 4) is 0 Å². The quantitative estimate of drug-likeness (QED) is 0.936. The van der Waals surface area contributed by atoms with Gasteiger partial charge < -0.3 is 5.32 Å². The number of nitrogens with zero attached hydrogens (tertiary/aromatic N) is 1. The summed E-state index contributed by atoms with van der Waals surface area (Å²) in [5.74, 6) is -0.335. The number of para-hydroxylation sites is 1. The Morgan fingerprint density at radius 1 is 1.00 bits per heavy atom. The summed E-state index contributed by atoms with van der Waals surface area (Å²) in [6, 6.07) is 11.8. The molecular formula is C17H20N2O3S. The minimum absolute atomic E-state index is 0.0941. The summed E-state index contributed by atoms with van der Waals surface area (Å²) >= 11 is 0. The van der Waals surface area contributed by atoms with Crippen molar-refractivity contribution in [2.75, 3.05) is 19.4 Å². The zero-order valence-corrected chi connectivity index (χ0v) is 14.4. The highest BCUT2D eigenvalue weighted by Gasteiger charge is 2.19. The van der Waals surface area contributed by atoms with Crippen molar-refractivity contribution in [2.24, 2.45) is 0 Å².